The predicted octanol–water partition coefficient (Wildman–Crippen LogP) is 3.21. The first-order valence-electron chi connectivity index (χ1n) is 9.00. The lowest BCUT2D eigenvalue weighted by Gasteiger charge is -2.11. The molecule has 0 radical (unpaired) electrons. The van der Waals surface area contributed by atoms with E-state index in [0.29, 0.717) is 53.2 Å². The third kappa shape index (κ3) is 4.18. The van der Waals surface area contributed by atoms with Crippen LogP contribution in [0.25, 0.3) is 22.4 Å². The number of nitrogens with zero attached hydrogens (tertiary/aromatic N) is 5. The molecule has 1 aromatic carbocycles. The number of pyridine rings is 1. The Balaban J connectivity index is 1.66. The summed E-state index contributed by atoms with van der Waals surface area (Å²) in [4.78, 5) is 21.8. The molecule has 0 amide bonds. The molecular formula is C20H18FN7O. The number of nitrogens with one attached hydrogen (secondary N) is 1. The lowest BCUT2D eigenvalue weighted by molar-refractivity contribution is 0.330. The maximum atomic E-state index is 13.1. The van der Waals surface area contributed by atoms with E-state index in [4.69, 9.17) is 10.5 Å². The molecule has 9 heteroatoms. The SMILES string of the molecule is CCOc1nc(NCc2ccc(F)cc2)nc2ccc(-c3cnc(N)cn3)nc12. The van der Waals surface area contributed by atoms with Crippen LogP contribution >= 0.6 is 0 Å². The molecule has 0 spiro atoms. The van der Waals surface area contributed by atoms with Crippen molar-refractivity contribution in [1.82, 2.24) is 24.9 Å². The van der Waals surface area contributed by atoms with Crippen molar-refractivity contribution >= 4 is 22.8 Å². The van der Waals surface area contributed by atoms with Crippen molar-refractivity contribution in [2.75, 3.05) is 17.7 Å². The molecule has 0 unspecified atom stereocenters. The molecule has 3 aromatic heterocycles. The van der Waals surface area contributed by atoms with Crippen LogP contribution in [0.3, 0.4) is 0 Å². The number of nitrogen functional groups attached to an aromatic ring is 1. The highest BCUT2D eigenvalue weighted by Gasteiger charge is 2.13. The van der Waals surface area contributed by atoms with E-state index in [1.807, 2.05) is 13.0 Å². The van der Waals surface area contributed by atoms with E-state index in [1.54, 1.807) is 24.4 Å². The first-order valence-corrected chi connectivity index (χ1v) is 9.00. The third-order valence-corrected chi connectivity index (χ3v) is 4.09. The van der Waals surface area contributed by atoms with Crippen LogP contribution in [0.15, 0.2) is 48.8 Å². The zero-order valence-corrected chi connectivity index (χ0v) is 15.6. The van der Waals surface area contributed by atoms with Gasteiger partial charge >= 0.3 is 0 Å². The summed E-state index contributed by atoms with van der Waals surface area (Å²) in [6, 6.07) is 9.85. The summed E-state index contributed by atoms with van der Waals surface area (Å²) in [5.41, 5.74) is 8.84. The molecule has 4 aromatic rings. The van der Waals surface area contributed by atoms with Crippen LogP contribution < -0.4 is 15.8 Å². The molecule has 0 aliphatic heterocycles. The summed E-state index contributed by atoms with van der Waals surface area (Å²) < 4.78 is 18.7. The van der Waals surface area contributed by atoms with Gasteiger partial charge < -0.3 is 15.8 Å². The van der Waals surface area contributed by atoms with Crippen LogP contribution in [-0.2, 0) is 6.54 Å². The quantitative estimate of drug-likeness (QED) is 0.515. The van der Waals surface area contributed by atoms with Crippen molar-refractivity contribution in [1.29, 1.82) is 0 Å². The predicted molar refractivity (Wildman–Crippen MR) is 108 cm³/mol. The molecule has 29 heavy (non-hydrogen) atoms. The Labute approximate surface area is 166 Å². The fraction of sp³-hybridized carbons (Fsp3) is 0.150. The van der Waals surface area contributed by atoms with Crippen LogP contribution in [0.5, 0.6) is 5.88 Å². The van der Waals surface area contributed by atoms with Gasteiger partial charge in [-0.05, 0) is 36.8 Å². The molecule has 0 aliphatic rings. The lowest BCUT2D eigenvalue weighted by Crippen LogP contribution is -2.07. The smallest absolute Gasteiger partial charge is 0.245 e. The van der Waals surface area contributed by atoms with Gasteiger partial charge in [-0.25, -0.2) is 24.3 Å². The molecule has 0 atom stereocenters. The molecule has 4 rings (SSSR count). The van der Waals surface area contributed by atoms with Crippen LogP contribution in [0.1, 0.15) is 12.5 Å². The van der Waals surface area contributed by atoms with Gasteiger partial charge in [0, 0.05) is 6.54 Å². The fourth-order valence-electron chi connectivity index (χ4n) is 2.70. The highest BCUT2D eigenvalue weighted by Crippen LogP contribution is 2.26. The van der Waals surface area contributed by atoms with E-state index in [-0.39, 0.29) is 5.82 Å². The molecule has 0 saturated heterocycles. The highest BCUT2D eigenvalue weighted by atomic mass is 19.1. The number of nitrogens with two attached hydrogens (primary N) is 1. The Hall–Kier alpha value is -3.88. The van der Waals surface area contributed by atoms with Gasteiger partial charge in [0.25, 0.3) is 0 Å². The monoisotopic (exact) mass is 391 g/mol. The minimum atomic E-state index is -0.276. The maximum Gasteiger partial charge on any atom is 0.245 e. The normalized spacial score (nSPS) is 10.8. The van der Waals surface area contributed by atoms with Crippen molar-refractivity contribution in [2.45, 2.75) is 13.5 Å². The van der Waals surface area contributed by atoms with Crippen LogP contribution in [-0.4, -0.2) is 31.5 Å². The number of fused-ring (bicyclic) bond motifs is 1. The minimum Gasteiger partial charge on any atom is -0.476 e. The third-order valence-electron chi connectivity index (χ3n) is 4.09. The number of halogens is 1. The number of hydrogen-bond donors (Lipinski definition) is 2. The topological polar surface area (TPSA) is 112 Å². The molecule has 3 N–H and O–H groups in total. The van der Waals surface area contributed by atoms with E-state index in [0.717, 1.165) is 5.56 Å². The van der Waals surface area contributed by atoms with Gasteiger partial charge in [0.1, 0.15) is 17.3 Å². The van der Waals surface area contributed by atoms with Gasteiger partial charge in [-0.2, -0.15) is 4.98 Å². The summed E-state index contributed by atoms with van der Waals surface area (Å²) in [6.45, 7) is 2.75. The van der Waals surface area contributed by atoms with Crippen molar-refractivity contribution in [3.05, 3.63) is 60.2 Å². The molecule has 3 heterocycles. The van der Waals surface area contributed by atoms with E-state index < -0.39 is 0 Å². The maximum absolute atomic E-state index is 13.1. The van der Waals surface area contributed by atoms with Crippen molar-refractivity contribution in [3.63, 3.8) is 0 Å². The number of benzene rings is 1. The second kappa shape index (κ2) is 8.01. The number of anilines is 2. The van der Waals surface area contributed by atoms with E-state index >= 15 is 0 Å². The van der Waals surface area contributed by atoms with Gasteiger partial charge in [-0.15, -0.1) is 0 Å². The van der Waals surface area contributed by atoms with Gasteiger partial charge in [0.15, 0.2) is 5.52 Å². The first-order chi connectivity index (χ1) is 14.1. The Bertz CT molecular complexity index is 1130. The number of aromatic nitrogens is 5. The molecule has 0 bridgehead atoms. The number of hydrogen-bond acceptors (Lipinski definition) is 8. The molecule has 146 valence electrons. The van der Waals surface area contributed by atoms with E-state index in [9.17, 15) is 4.39 Å². The van der Waals surface area contributed by atoms with E-state index in [2.05, 4.69) is 30.2 Å². The minimum absolute atomic E-state index is 0.276. The van der Waals surface area contributed by atoms with E-state index in [1.165, 1.54) is 18.3 Å². The van der Waals surface area contributed by atoms with Crippen LogP contribution in [0, 0.1) is 5.82 Å². The standard InChI is InChI=1S/C20H18FN7O/c1-2-29-19-18-15(8-7-14(26-18)16-10-24-17(22)11-23-16)27-20(28-19)25-9-12-3-5-13(21)6-4-12/h3-8,10-11H,2,9H2,1H3,(H2,22,24)(H,25,27,28). The van der Waals surface area contributed by atoms with Gasteiger partial charge in [0.2, 0.25) is 11.8 Å². The summed E-state index contributed by atoms with van der Waals surface area (Å²) in [7, 11) is 0. The highest BCUT2D eigenvalue weighted by molar-refractivity contribution is 5.82. The van der Waals surface area contributed by atoms with Crippen LogP contribution in [0.4, 0.5) is 16.2 Å². The first kappa shape index (κ1) is 18.5. The number of rotatable bonds is 6. The molecular weight excluding hydrogens is 373 g/mol. The second-order valence-corrected chi connectivity index (χ2v) is 6.16. The zero-order chi connectivity index (χ0) is 20.2. The summed E-state index contributed by atoms with van der Waals surface area (Å²) in [5.74, 6) is 0.822. The largest absolute Gasteiger partial charge is 0.476 e. The molecule has 0 fully saturated rings. The summed E-state index contributed by atoms with van der Waals surface area (Å²) in [5, 5.41) is 3.14. The van der Waals surface area contributed by atoms with Gasteiger partial charge in [-0.1, -0.05) is 12.1 Å². The molecule has 8 nitrogen and oxygen atoms in total. The van der Waals surface area contributed by atoms with Crippen molar-refractivity contribution < 1.29 is 9.13 Å². The zero-order valence-electron chi connectivity index (χ0n) is 15.6. The number of ether oxygens (including phenoxy) is 1. The summed E-state index contributed by atoms with van der Waals surface area (Å²) >= 11 is 0. The van der Waals surface area contributed by atoms with Crippen molar-refractivity contribution in [2.24, 2.45) is 0 Å². The average Bonchev–Trinajstić information content (AvgIpc) is 2.74. The van der Waals surface area contributed by atoms with Crippen LogP contribution in [0.2, 0.25) is 0 Å². The Morgan fingerprint density at radius 2 is 1.79 bits per heavy atom. The Morgan fingerprint density at radius 1 is 0.966 bits per heavy atom. The molecule has 0 saturated carbocycles. The molecule has 0 aliphatic carbocycles. The lowest BCUT2D eigenvalue weighted by atomic mass is 10.2. The Kier molecular flexibility index (Phi) is 5.10. The fourth-order valence-corrected chi connectivity index (χ4v) is 2.70. The Morgan fingerprint density at radius 3 is 2.52 bits per heavy atom. The summed E-state index contributed by atoms with van der Waals surface area (Å²) in [6.07, 6.45) is 3.03. The van der Waals surface area contributed by atoms with Gasteiger partial charge in [0.05, 0.1) is 30.2 Å². The van der Waals surface area contributed by atoms with Crippen molar-refractivity contribution in [3.8, 4) is 17.3 Å². The average molecular weight is 391 g/mol. The van der Waals surface area contributed by atoms with Gasteiger partial charge in [-0.3, -0.25) is 0 Å². The second-order valence-electron chi connectivity index (χ2n) is 6.16.